The SMILES string of the molecule is C[C@H](CNc1cc(-c2cnc3c(cnn3C[C@@H](C)O)c2)ncn1)c1ccnc2c1OCCO2.S. The van der Waals surface area contributed by atoms with E-state index in [0.29, 0.717) is 32.2 Å². The molecule has 2 N–H and O–H groups in total. The summed E-state index contributed by atoms with van der Waals surface area (Å²) in [7, 11) is 0. The standard InChI is InChI=1S/C23H25N7O3.H2S/c1-14(18-3-4-24-23-21(18)32-5-6-33-23)9-25-20-8-19(27-13-28-20)16-7-17-11-29-30(12-15(2)31)22(17)26-10-16;/h3-4,7-8,10-11,13-15,31H,5-6,9,12H2,1-2H3,(H,25,27,28);1H2/t14-,15-;/m1./s1. The molecule has 178 valence electrons. The molecule has 34 heavy (non-hydrogen) atoms. The van der Waals surface area contributed by atoms with Crippen molar-refractivity contribution in [2.45, 2.75) is 32.4 Å². The second kappa shape index (κ2) is 10.2. The van der Waals surface area contributed by atoms with Gasteiger partial charge in [0.2, 0.25) is 0 Å². The van der Waals surface area contributed by atoms with Gasteiger partial charge in [-0.3, -0.25) is 0 Å². The Morgan fingerprint density at radius 2 is 1.94 bits per heavy atom. The van der Waals surface area contributed by atoms with Crippen LogP contribution in [0.2, 0.25) is 0 Å². The molecule has 0 unspecified atom stereocenters. The van der Waals surface area contributed by atoms with Crippen LogP contribution in [0.1, 0.15) is 25.3 Å². The van der Waals surface area contributed by atoms with Crippen LogP contribution in [-0.2, 0) is 6.54 Å². The summed E-state index contributed by atoms with van der Waals surface area (Å²) >= 11 is 0. The molecule has 2 atom stereocenters. The fourth-order valence-corrected chi connectivity index (χ4v) is 3.84. The van der Waals surface area contributed by atoms with Crippen molar-refractivity contribution in [3.8, 4) is 22.9 Å². The van der Waals surface area contributed by atoms with E-state index in [-0.39, 0.29) is 19.4 Å². The molecule has 1 aliphatic rings. The highest BCUT2D eigenvalue weighted by molar-refractivity contribution is 7.59. The largest absolute Gasteiger partial charge is 0.484 e. The van der Waals surface area contributed by atoms with Crippen molar-refractivity contribution >= 4 is 30.3 Å². The number of rotatable bonds is 7. The van der Waals surface area contributed by atoms with Gasteiger partial charge in [0.1, 0.15) is 25.4 Å². The van der Waals surface area contributed by atoms with E-state index in [9.17, 15) is 5.11 Å². The minimum Gasteiger partial charge on any atom is -0.484 e. The first-order chi connectivity index (χ1) is 16.1. The first-order valence-electron chi connectivity index (χ1n) is 10.9. The molecule has 0 aliphatic carbocycles. The van der Waals surface area contributed by atoms with Gasteiger partial charge in [0.25, 0.3) is 5.88 Å². The summed E-state index contributed by atoms with van der Waals surface area (Å²) in [6.45, 7) is 5.93. The molecule has 0 aromatic carbocycles. The van der Waals surface area contributed by atoms with Crippen LogP contribution >= 0.6 is 13.5 Å². The molecule has 5 rings (SSSR count). The summed E-state index contributed by atoms with van der Waals surface area (Å²) in [6, 6.07) is 5.85. The van der Waals surface area contributed by atoms with Gasteiger partial charge in [-0.05, 0) is 19.1 Å². The lowest BCUT2D eigenvalue weighted by molar-refractivity contribution is 0.162. The number of ether oxygens (including phenoxy) is 2. The van der Waals surface area contributed by atoms with Crippen LogP contribution in [0, 0.1) is 0 Å². The van der Waals surface area contributed by atoms with E-state index in [1.165, 1.54) is 6.33 Å². The van der Waals surface area contributed by atoms with Crippen molar-refractivity contribution in [3.63, 3.8) is 0 Å². The Labute approximate surface area is 203 Å². The third-order valence-corrected chi connectivity index (χ3v) is 5.47. The quantitative estimate of drug-likeness (QED) is 0.410. The fourth-order valence-electron chi connectivity index (χ4n) is 3.84. The van der Waals surface area contributed by atoms with E-state index >= 15 is 0 Å². The van der Waals surface area contributed by atoms with Crippen LogP contribution in [0.15, 0.2) is 43.1 Å². The molecule has 0 fully saturated rings. The Morgan fingerprint density at radius 1 is 1.09 bits per heavy atom. The Kier molecular flexibility index (Phi) is 7.13. The zero-order valence-corrected chi connectivity index (χ0v) is 20.0. The molecule has 0 spiro atoms. The smallest absolute Gasteiger partial charge is 0.257 e. The topological polar surface area (TPSA) is 120 Å². The summed E-state index contributed by atoms with van der Waals surface area (Å²) in [5.41, 5.74) is 3.40. The highest BCUT2D eigenvalue weighted by Gasteiger charge is 2.21. The lowest BCUT2D eigenvalue weighted by Gasteiger charge is -2.22. The molecule has 1 aliphatic heterocycles. The van der Waals surface area contributed by atoms with E-state index in [2.05, 4.69) is 37.3 Å². The molecule has 0 saturated carbocycles. The highest BCUT2D eigenvalue weighted by Crippen LogP contribution is 2.35. The van der Waals surface area contributed by atoms with Crippen LogP contribution in [-0.4, -0.2) is 60.7 Å². The highest BCUT2D eigenvalue weighted by atomic mass is 32.1. The molecular formula is C23H27N7O3S. The maximum atomic E-state index is 9.64. The molecule has 5 heterocycles. The van der Waals surface area contributed by atoms with Crippen molar-refractivity contribution < 1.29 is 14.6 Å². The van der Waals surface area contributed by atoms with Gasteiger partial charge in [-0.25, -0.2) is 24.6 Å². The lowest BCUT2D eigenvalue weighted by Crippen LogP contribution is -2.19. The number of nitrogens with one attached hydrogen (secondary N) is 1. The minimum absolute atomic E-state index is 0. The van der Waals surface area contributed by atoms with E-state index in [1.54, 1.807) is 30.2 Å². The van der Waals surface area contributed by atoms with Crippen LogP contribution in [0.5, 0.6) is 11.6 Å². The molecule has 0 saturated heterocycles. The van der Waals surface area contributed by atoms with Crippen molar-refractivity contribution in [1.82, 2.24) is 29.7 Å². The van der Waals surface area contributed by atoms with E-state index in [4.69, 9.17) is 9.47 Å². The van der Waals surface area contributed by atoms with Gasteiger partial charge in [-0.15, -0.1) is 0 Å². The molecular weight excluding hydrogens is 454 g/mol. The molecule has 0 radical (unpaired) electrons. The minimum atomic E-state index is -0.496. The number of hydrogen-bond acceptors (Lipinski definition) is 9. The molecule has 4 aromatic rings. The van der Waals surface area contributed by atoms with Crippen molar-refractivity contribution in [3.05, 3.63) is 48.7 Å². The number of aliphatic hydroxyl groups excluding tert-OH is 1. The Hall–Kier alpha value is -3.44. The number of fused-ring (bicyclic) bond motifs is 2. The van der Waals surface area contributed by atoms with Gasteiger partial charge >= 0.3 is 0 Å². The lowest BCUT2D eigenvalue weighted by atomic mass is 10.0. The second-order valence-electron chi connectivity index (χ2n) is 8.11. The van der Waals surface area contributed by atoms with Gasteiger partial charge in [0, 0.05) is 47.4 Å². The van der Waals surface area contributed by atoms with Gasteiger partial charge in [0.15, 0.2) is 11.4 Å². The predicted molar refractivity (Wildman–Crippen MR) is 133 cm³/mol. The van der Waals surface area contributed by atoms with Gasteiger partial charge < -0.3 is 19.9 Å². The van der Waals surface area contributed by atoms with Gasteiger partial charge in [-0.1, -0.05) is 6.92 Å². The van der Waals surface area contributed by atoms with Crippen molar-refractivity contribution in [2.75, 3.05) is 25.1 Å². The second-order valence-corrected chi connectivity index (χ2v) is 8.11. The first-order valence-corrected chi connectivity index (χ1v) is 10.9. The normalized spacial score (nSPS) is 14.3. The van der Waals surface area contributed by atoms with E-state index in [1.807, 2.05) is 18.2 Å². The monoisotopic (exact) mass is 481 g/mol. The summed E-state index contributed by atoms with van der Waals surface area (Å²) < 4.78 is 13.1. The number of hydrogen-bond donors (Lipinski definition) is 2. The summed E-state index contributed by atoms with van der Waals surface area (Å²) in [5.74, 6) is 2.14. The molecule has 10 nitrogen and oxygen atoms in total. The fraction of sp³-hybridized carbons (Fsp3) is 0.348. The summed E-state index contributed by atoms with van der Waals surface area (Å²) in [5, 5.41) is 18.2. The third-order valence-electron chi connectivity index (χ3n) is 5.47. The maximum Gasteiger partial charge on any atom is 0.257 e. The molecule has 0 amide bonds. The predicted octanol–water partition coefficient (Wildman–Crippen LogP) is 2.76. The average molecular weight is 482 g/mol. The van der Waals surface area contributed by atoms with Crippen LogP contribution in [0.25, 0.3) is 22.3 Å². The Morgan fingerprint density at radius 3 is 2.79 bits per heavy atom. The summed E-state index contributed by atoms with van der Waals surface area (Å²) in [6.07, 6.45) is 6.29. The number of pyridine rings is 2. The molecule has 4 aromatic heterocycles. The average Bonchev–Trinajstić information content (AvgIpc) is 3.23. The number of anilines is 1. The van der Waals surface area contributed by atoms with E-state index < -0.39 is 6.10 Å². The Balaban J connectivity index is 0.00000274. The number of nitrogens with zero attached hydrogens (tertiary/aromatic N) is 6. The van der Waals surface area contributed by atoms with Crippen LogP contribution in [0.4, 0.5) is 5.82 Å². The third kappa shape index (κ3) is 4.90. The molecule has 0 bridgehead atoms. The van der Waals surface area contributed by atoms with Crippen LogP contribution in [0.3, 0.4) is 0 Å². The zero-order chi connectivity index (χ0) is 22.8. The summed E-state index contributed by atoms with van der Waals surface area (Å²) in [4.78, 5) is 17.6. The van der Waals surface area contributed by atoms with Gasteiger partial charge in [-0.2, -0.15) is 18.6 Å². The van der Waals surface area contributed by atoms with Crippen molar-refractivity contribution in [1.29, 1.82) is 0 Å². The van der Waals surface area contributed by atoms with Gasteiger partial charge in [0.05, 0.1) is 24.5 Å². The van der Waals surface area contributed by atoms with E-state index in [0.717, 1.165) is 39.4 Å². The number of aromatic nitrogens is 6. The molecule has 11 heteroatoms. The maximum absolute atomic E-state index is 9.64. The number of aliphatic hydroxyl groups is 1. The van der Waals surface area contributed by atoms with Crippen molar-refractivity contribution in [2.24, 2.45) is 0 Å². The Bertz CT molecular complexity index is 1280. The van der Waals surface area contributed by atoms with Crippen LogP contribution < -0.4 is 14.8 Å². The zero-order valence-electron chi connectivity index (χ0n) is 19.0. The first kappa shape index (κ1) is 23.7.